The van der Waals surface area contributed by atoms with Crippen LogP contribution < -0.4 is 11.1 Å². The molecule has 1 atom stereocenters. The number of urea groups is 1. The van der Waals surface area contributed by atoms with Crippen molar-refractivity contribution in [3.05, 3.63) is 41.7 Å². The third-order valence-electron chi connectivity index (χ3n) is 3.27. The smallest absolute Gasteiger partial charge is 0.318 e. The van der Waals surface area contributed by atoms with Gasteiger partial charge in [0.2, 0.25) is 5.91 Å². The van der Waals surface area contributed by atoms with Crippen molar-refractivity contribution in [2.24, 2.45) is 5.73 Å². The molecule has 7 heteroatoms. The predicted molar refractivity (Wildman–Crippen MR) is 86.1 cm³/mol. The summed E-state index contributed by atoms with van der Waals surface area (Å²) in [5.74, 6) is -0.438. The zero-order chi connectivity index (χ0) is 16.3. The number of primary amides is 1. The van der Waals surface area contributed by atoms with Gasteiger partial charge in [0.05, 0.1) is 5.25 Å². The van der Waals surface area contributed by atoms with E-state index in [0.29, 0.717) is 5.16 Å². The highest BCUT2D eigenvalue weighted by Gasteiger charge is 2.18. The van der Waals surface area contributed by atoms with Gasteiger partial charge in [-0.15, -0.1) is 0 Å². The molecule has 3 amide bonds. The minimum atomic E-state index is -0.852. The summed E-state index contributed by atoms with van der Waals surface area (Å²) in [5, 5.41) is 2.26. The fourth-order valence-electron chi connectivity index (χ4n) is 1.88. The molecule has 0 aliphatic carbocycles. The highest BCUT2D eigenvalue weighted by molar-refractivity contribution is 8.00. The second-order valence-corrected chi connectivity index (χ2v) is 6.27. The molecule has 0 spiro atoms. The Kier molecular flexibility index (Phi) is 4.87. The van der Waals surface area contributed by atoms with E-state index in [0.717, 1.165) is 5.69 Å². The van der Waals surface area contributed by atoms with E-state index in [4.69, 9.17) is 5.73 Å². The zero-order valence-electron chi connectivity index (χ0n) is 12.7. The van der Waals surface area contributed by atoms with E-state index >= 15 is 0 Å². The van der Waals surface area contributed by atoms with Gasteiger partial charge >= 0.3 is 6.03 Å². The van der Waals surface area contributed by atoms with Crippen LogP contribution in [0.2, 0.25) is 0 Å². The van der Waals surface area contributed by atoms with E-state index in [1.54, 1.807) is 13.1 Å². The molecular formula is C15H18N4O2S. The number of imidazole rings is 1. The van der Waals surface area contributed by atoms with Crippen LogP contribution in [0.25, 0.3) is 5.69 Å². The Bertz CT molecular complexity index is 711. The summed E-state index contributed by atoms with van der Waals surface area (Å²) in [6.45, 7) is 5.80. The summed E-state index contributed by atoms with van der Waals surface area (Å²) in [7, 11) is 0. The van der Waals surface area contributed by atoms with Crippen LogP contribution in [0.15, 0.2) is 35.7 Å². The molecule has 22 heavy (non-hydrogen) atoms. The molecule has 1 aromatic heterocycles. The topological polar surface area (TPSA) is 90.0 Å². The van der Waals surface area contributed by atoms with Gasteiger partial charge in [0, 0.05) is 18.1 Å². The summed E-state index contributed by atoms with van der Waals surface area (Å²) in [5.41, 5.74) is 8.33. The molecule has 1 heterocycles. The quantitative estimate of drug-likeness (QED) is 0.845. The molecule has 0 unspecified atom stereocenters. The van der Waals surface area contributed by atoms with Crippen molar-refractivity contribution >= 4 is 23.7 Å². The lowest BCUT2D eigenvalue weighted by atomic mass is 10.1. The minimum absolute atomic E-state index is 0.438. The van der Waals surface area contributed by atoms with E-state index in [2.05, 4.69) is 23.3 Å². The van der Waals surface area contributed by atoms with Crippen molar-refractivity contribution in [3.63, 3.8) is 0 Å². The van der Waals surface area contributed by atoms with Crippen molar-refractivity contribution < 1.29 is 9.59 Å². The molecule has 0 aliphatic rings. The molecular weight excluding hydrogens is 300 g/mol. The van der Waals surface area contributed by atoms with Gasteiger partial charge in [-0.1, -0.05) is 17.8 Å². The largest absolute Gasteiger partial charge is 0.351 e. The standard InChI is InChI=1S/C15H18N4O2S/c1-9-4-5-12(8-10(9)2)19-7-6-17-15(19)22-11(3)13(20)18-14(16)21/h4-8,11H,1-3H3,(H3,16,18,20,21)/t11-/m1/s1. The van der Waals surface area contributed by atoms with Crippen LogP contribution in [0.4, 0.5) is 4.79 Å². The van der Waals surface area contributed by atoms with Crippen LogP contribution in [0.1, 0.15) is 18.1 Å². The second kappa shape index (κ2) is 6.65. The van der Waals surface area contributed by atoms with Crippen molar-refractivity contribution in [1.82, 2.24) is 14.9 Å². The van der Waals surface area contributed by atoms with Gasteiger partial charge in [-0.05, 0) is 44.0 Å². The molecule has 0 fully saturated rings. The second-order valence-electron chi connectivity index (χ2n) is 4.96. The lowest BCUT2D eigenvalue weighted by Crippen LogP contribution is -2.39. The molecule has 2 rings (SSSR count). The van der Waals surface area contributed by atoms with Gasteiger partial charge in [0.1, 0.15) is 0 Å². The van der Waals surface area contributed by atoms with Crippen LogP contribution >= 0.6 is 11.8 Å². The first-order chi connectivity index (χ1) is 10.4. The Morgan fingerprint density at radius 1 is 1.32 bits per heavy atom. The summed E-state index contributed by atoms with van der Waals surface area (Å²) in [6, 6.07) is 5.26. The Hall–Kier alpha value is -2.28. The average molecular weight is 318 g/mol. The summed E-state index contributed by atoms with van der Waals surface area (Å²) in [6.07, 6.45) is 3.52. The van der Waals surface area contributed by atoms with Gasteiger partial charge in [-0.3, -0.25) is 14.7 Å². The van der Waals surface area contributed by atoms with Gasteiger partial charge in [0.25, 0.3) is 0 Å². The maximum Gasteiger partial charge on any atom is 0.318 e. The number of thioether (sulfide) groups is 1. The first kappa shape index (κ1) is 16.1. The molecule has 116 valence electrons. The molecule has 6 nitrogen and oxygen atoms in total. The van der Waals surface area contributed by atoms with E-state index in [-0.39, 0.29) is 0 Å². The van der Waals surface area contributed by atoms with E-state index in [9.17, 15) is 9.59 Å². The minimum Gasteiger partial charge on any atom is -0.351 e. The average Bonchev–Trinajstić information content (AvgIpc) is 2.89. The van der Waals surface area contributed by atoms with Gasteiger partial charge in [-0.25, -0.2) is 9.78 Å². The number of nitrogens with two attached hydrogens (primary N) is 1. The first-order valence-electron chi connectivity index (χ1n) is 6.76. The number of hydrogen-bond acceptors (Lipinski definition) is 4. The van der Waals surface area contributed by atoms with Gasteiger partial charge in [-0.2, -0.15) is 0 Å². The lowest BCUT2D eigenvalue weighted by Gasteiger charge is -2.12. The van der Waals surface area contributed by atoms with Gasteiger partial charge in [0.15, 0.2) is 5.16 Å². The Morgan fingerprint density at radius 2 is 2.05 bits per heavy atom. The molecule has 2 aromatic rings. The van der Waals surface area contributed by atoms with Crippen molar-refractivity contribution in [2.45, 2.75) is 31.2 Å². The normalized spacial score (nSPS) is 12.0. The number of nitrogens with one attached hydrogen (secondary N) is 1. The fourth-order valence-corrected chi connectivity index (χ4v) is 2.77. The number of aromatic nitrogens is 2. The number of amides is 3. The van der Waals surface area contributed by atoms with Gasteiger partial charge < -0.3 is 5.73 Å². The summed E-state index contributed by atoms with van der Waals surface area (Å²) >= 11 is 1.26. The Morgan fingerprint density at radius 3 is 2.68 bits per heavy atom. The highest BCUT2D eigenvalue weighted by Crippen LogP contribution is 2.25. The predicted octanol–water partition coefficient (Wildman–Crippen LogP) is 2.16. The summed E-state index contributed by atoms with van der Waals surface area (Å²) < 4.78 is 1.91. The number of hydrogen-bond donors (Lipinski definition) is 2. The lowest BCUT2D eigenvalue weighted by molar-refractivity contribution is -0.119. The van der Waals surface area contributed by atoms with Crippen molar-refractivity contribution in [3.8, 4) is 5.69 Å². The monoisotopic (exact) mass is 318 g/mol. The number of carbonyl (C=O) groups is 2. The third kappa shape index (κ3) is 3.67. The molecule has 0 radical (unpaired) electrons. The number of carbonyl (C=O) groups excluding carboxylic acids is 2. The number of imide groups is 1. The van der Waals surface area contributed by atoms with E-state index in [1.807, 2.05) is 29.8 Å². The van der Waals surface area contributed by atoms with Crippen molar-refractivity contribution in [2.75, 3.05) is 0 Å². The molecule has 0 saturated heterocycles. The van der Waals surface area contributed by atoms with Crippen molar-refractivity contribution in [1.29, 1.82) is 0 Å². The maximum absolute atomic E-state index is 11.8. The molecule has 3 N–H and O–H groups in total. The molecule has 1 aromatic carbocycles. The Labute approximate surface area is 133 Å². The maximum atomic E-state index is 11.8. The van der Waals surface area contributed by atoms with Crippen LogP contribution in [-0.2, 0) is 4.79 Å². The number of rotatable bonds is 4. The summed E-state index contributed by atoms with van der Waals surface area (Å²) in [4.78, 5) is 26.8. The fraction of sp³-hybridized carbons (Fsp3) is 0.267. The van der Waals surface area contributed by atoms with E-state index < -0.39 is 17.2 Å². The molecule has 0 saturated carbocycles. The SMILES string of the molecule is Cc1ccc(-n2ccnc2S[C@H](C)C(=O)NC(N)=O)cc1C. The highest BCUT2D eigenvalue weighted by atomic mass is 32.2. The Balaban J connectivity index is 2.20. The number of aryl methyl sites for hydroxylation is 2. The number of nitrogens with zero attached hydrogens (tertiary/aromatic N) is 2. The van der Waals surface area contributed by atoms with Crippen LogP contribution in [-0.4, -0.2) is 26.7 Å². The van der Waals surface area contributed by atoms with Crippen LogP contribution in [0.5, 0.6) is 0 Å². The van der Waals surface area contributed by atoms with Crippen LogP contribution in [0.3, 0.4) is 0 Å². The molecule has 0 aliphatic heterocycles. The third-order valence-corrected chi connectivity index (χ3v) is 4.35. The first-order valence-corrected chi connectivity index (χ1v) is 7.64. The zero-order valence-corrected chi connectivity index (χ0v) is 13.5. The van der Waals surface area contributed by atoms with E-state index in [1.165, 1.54) is 22.9 Å². The molecule has 0 bridgehead atoms. The number of benzene rings is 1. The van der Waals surface area contributed by atoms with Crippen LogP contribution in [0, 0.1) is 13.8 Å².